The van der Waals surface area contributed by atoms with E-state index in [2.05, 4.69) is 10.3 Å². The average molecular weight is 192 g/mol. The van der Waals surface area contributed by atoms with Crippen molar-refractivity contribution in [3.63, 3.8) is 0 Å². The summed E-state index contributed by atoms with van der Waals surface area (Å²) in [5.41, 5.74) is 1.29. The van der Waals surface area contributed by atoms with Crippen LogP contribution in [-0.2, 0) is 11.3 Å². The SMILES string of the molecule is COCc1cnc2c(c1)C(=O)NC2=O. The van der Waals surface area contributed by atoms with E-state index in [-0.39, 0.29) is 5.69 Å². The number of methoxy groups -OCH3 is 1. The van der Waals surface area contributed by atoms with Crippen LogP contribution in [0.4, 0.5) is 0 Å². The summed E-state index contributed by atoms with van der Waals surface area (Å²) in [6.45, 7) is 0.377. The molecule has 1 aromatic heterocycles. The van der Waals surface area contributed by atoms with E-state index in [0.29, 0.717) is 12.2 Å². The Morgan fingerprint density at radius 3 is 2.93 bits per heavy atom. The fourth-order valence-corrected chi connectivity index (χ4v) is 1.34. The minimum absolute atomic E-state index is 0.190. The molecule has 0 spiro atoms. The summed E-state index contributed by atoms with van der Waals surface area (Å²) in [4.78, 5) is 26.2. The first-order valence-electron chi connectivity index (χ1n) is 4.06. The van der Waals surface area contributed by atoms with Crippen molar-refractivity contribution in [1.82, 2.24) is 10.3 Å². The van der Waals surface area contributed by atoms with Crippen molar-refractivity contribution >= 4 is 11.8 Å². The minimum Gasteiger partial charge on any atom is -0.380 e. The Balaban J connectivity index is 2.44. The fourth-order valence-electron chi connectivity index (χ4n) is 1.34. The van der Waals surface area contributed by atoms with Crippen LogP contribution >= 0.6 is 0 Å². The largest absolute Gasteiger partial charge is 0.380 e. The number of hydrogen-bond donors (Lipinski definition) is 1. The Morgan fingerprint density at radius 1 is 1.43 bits per heavy atom. The van der Waals surface area contributed by atoms with E-state index >= 15 is 0 Å². The maximum atomic E-state index is 11.2. The third-order valence-electron chi connectivity index (χ3n) is 1.94. The summed E-state index contributed by atoms with van der Waals surface area (Å²) in [6.07, 6.45) is 1.53. The number of carbonyl (C=O) groups excluding carboxylic acids is 2. The number of rotatable bonds is 2. The third-order valence-corrected chi connectivity index (χ3v) is 1.94. The van der Waals surface area contributed by atoms with Gasteiger partial charge in [0.25, 0.3) is 11.8 Å². The molecule has 0 aromatic carbocycles. The van der Waals surface area contributed by atoms with Gasteiger partial charge in [0.2, 0.25) is 0 Å². The van der Waals surface area contributed by atoms with Crippen LogP contribution in [0.3, 0.4) is 0 Å². The van der Waals surface area contributed by atoms with E-state index in [4.69, 9.17) is 4.74 Å². The Labute approximate surface area is 80.1 Å². The van der Waals surface area contributed by atoms with Crippen LogP contribution in [0, 0.1) is 0 Å². The van der Waals surface area contributed by atoms with Gasteiger partial charge >= 0.3 is 0 Å². The molecule has 0 saturated carbocycles. The number of ether oxygens (including phenoxy) is 1. The van der Waals surface area contributed by atoms with Gasteiger partial charge in [-0.05, 0) is 11.6 Å². The second kappa shape index (κ2) is 3.19. The van der Waals surface area contributed by atoms with Crippen LogP contribution in [-0.4, -0.2) is 23.9 Å². The van der Waals surface area contributed by atoms with Gasteiger partial charge in [0.15, 0.2) is 0 Å². The van der Waals surface area contributed by atoms with Crippen molar-refractivity contribution in [2.24, 2.45) is 0 Å². The molecule has 0 fully saturated rings. The van der Waals surface area contributed by atoms with Crippen molar-refractivity contribution < 1.29 is 14.3 Å². The lowest BCUT2D eigenvalue weighted by molar-refractivity contribution is 0.0878. The summed E-state index contributed by atoms with van der Waals surface area (Å²) in [7, 11) is 1.55. The highest BCUT2D eigenvalue weighted by atomic mass is 16.5. The van der Waals surface area contributed by atoms with Crippen molar-refractivity contribution in [2.45, 2.75) is 6.61 Å². The molecule has 2 amide bonds. The van der Waals surface area contributed by atoms with Crippen LogP contribution in [0.25, 0.3) is 0 Å². The van der Waals surface area contributed by atoms with Crippen LogP contribution in [0.1, 0.15) is 26.4 Å². The summed E-state index contributed by atoms with van der Waals surface area (Å²) < 4.78 is 4.89. The van der Waals surface area contributed by atoms with Crippen molar-refractivity contribution in [2.75, 3.05) is 7.11 Å². The number of amides is 2. The van der Waals surface area contributed by atoms with E-state index in [9.17, 15) is 9.59 Å². The van der Waals surface area contributed by atoms with Crippen molar-refractivity contribution in [3.05, 3.63) is 29.1 Å². The van der Waals surface area contributed by atoms with Crippen LogP contribution in [0.15, 0.2) is 12.3 Å². The molecule has 2 heterocycles. The number of carbonyl (C=O) groups is 2. The average Bonchev–Trinajstić information content (AvgIpc) is 2.43. The first-order chi connectivity index (χ1) is 6.72. The molecule has 0 unspecified atom stereocenters. The maximum absolute atomic E-state index is 11.2. The zero-order chi connectivity index (χ0) is 10.1. The molecule has 14 heavy (non-hydrogen) atoms. The Kier molecular flexibility index (Phi) is 2.01. The van der Waals surface area contributed by atoms with E-state index in [1.807, 2.05) is 0 Å². The summed E-state index contributed by atoms with van der Waals surface area (Å²) in [6, 6.07) is 1.62. The second-order valence-corrected chi connectivity index (χ2v) is 2.96. The number of nitrogens with zero attached hydrogens (tertiary/aromatic N) is 1. The lowest BCUT2D eigenvalue weighted by atomic mass is 10.1. The van der Waals surface area contributed by atoms with E-state index < -0.39 is 11.8 Å². The fraction of sp³-hybridized carbons (Fsp3) is 0.222. The van der Waals surface area contributed by atoms with Gasteiger partial charge in [-0.3, -0.25) is 14.9 Å². The highest BCUT2D eigenvalue weighted by Crippen LogP contribution is 2.14. The molecule has 1 aliphatic rings. The quantitative estimate of drug-likeness (QED) is 0.675. The van der Waals surface area contributed by atoms with Gasteiger partial charge in [0, 0.05) is 13.3 Å². The number of pyridine rings is 1. The van der Waals surface area contributed by atoms with Gasteiger partial charge < -0.3 is 4.74 Å². The van der Waals surface area contributed by atoms with Crippen molar-refractivity contribution in [3.8, 4) is 0 Å². The number of imide groups is 1. The number of nitrogens with one attached hydrogen (secondary N) is 1. The molecule has 0 atom stereocenters. The molecular weight excluding hydrogens is 184 g/mol. The molecule has 0 bridgehead atoms. The van der Waals surface area contributed by atoms with Crippen LogP contribution in [0.2, 0.25) is 0 Å². The third kappa shape index (κ3) is 1.27. The molecule has 0 aliphatic carbocycles. The predicted molar refractivity (Wildman–Crippen MR) is 46.7 cm³/mol. The van der Waals surface area contributed by atoms with E-state index in [1.54, 1.807) is 13.2 Å². The lowest BCUT2D eigenvalue weighted by Gasteiger charge is -1.99. The zero-order valence-corrected chi connectivity index (χ0v) is 7.53. The summed E-state index contributed by atoms with van der Waals surface area (Å²) in [5.74, 6) is -0.829. The molecule has 1 aliphatic heterocycles. The van der Waals surface area contributed by atoms with E-state index in [1.165, 1.54) is 6.20 Å². The molecular formula is C9H8N2O3. The molecule has 0 radical (unpaired) electrons. The molecule has 5 nitrogen and oxygen atoms in total. The summed E-state index contributed by atoms with van der Waals surface area (Å²) >= 11 is 0. The normalized spacial score (nSPS) is 14.1. The monoisotopic (exact) mass is 192 g/mol. The lowest BCUT2D eigenvalue weighted by Crippen LogP contribution is -2.20. The summed E-state index contributed by atoms with van der Waals surface area (Å²) in [5, 5.41) is 2.17. The number of fused-ring (bicyclic) bond motifs is 1. The molecule has 1 aromatic rings. The Morgan fingerprint density at radius 2 is 2.21 bits per heavy atom. The minimum atomic E-state index is -0.436. The van der Waals surface area contributed by atoms with Crippen LogP contribution < -0.4 is 5.32 Å². The molecule has 72 valence electrons. The number of aromatic nitrogens is 1. The van der Waals surface area contributed by atoms with Gasteiger partial charge in [-0.1, -0.05) is 0 Å². The van der Waals surface area contributed by atoms with Gasteiger partial charge in [-0.2, -0.15) is 0 Å². The molecule has 2 rings (SSSR count). The maximum Gasteiger partial charge on any atom is 0.277 e. The second-order valence-electron chi connectivity index (χ2n) is 2.96. The highest BCUT2D eigenvalue weighted by molar-refractivity contribution is 6.20. The Hall–Kier alpha value is -1.75. The standard InChI is InChI=1S/C9H8N2O3/c1-14-4-5-2-6-7(10-3-5)9(13)11-8(6)12/h2-3H,4H2,1H3,(H,11,12,13). The van der Waals surface area contributed by atoms with Gasteiger partial charge in [0.05, 0.1) is 12.2 Å². The molecule has 0 saturated heterocycles. The van der Waals surface area contributed by atoms with Crippen molar-refractivity contribution in [1.29, 1.82) is 0 Å². The molecule has 1 N–H and O–H groups in total. The first kappa shape index (κ1) is 8.83. The highest BCUT2D eigenvalue weighted by Gasteiger charge is 2.28. The van der Waals surface area contributed by atoms with E-state index in [0.717, 1.165) is 5.56 Å². The smallest absolute Gasteiger partial charge is 0.277 e. The van der Waals surface area contributed by atoms with Gasteiger partial charge in [0.1, 0.15) is 5.69 Å². The number of hydrogen-bond acceptors (Lipinski definition) is 4. The van der Waals surface area contributed by atoms with Crippen LogP contribution in [0.5, 0.6) is 0 Å². The zero-order valence-electron chi connectivity index (χ0n) is 7.53. The van der Waals surface area contributed by atoms with Gasteiger partial charge in [-0.15, -0.1) is 0 Å². The van der Waals surface area contributed by atoms with Gasteiger partial charge in [-0.25, -0.2) is 4.98 Å². The first-order valence-corrected chi connectivity index (χ1v) is 4.06. The Bertz CT molecular complexity index is 415. The molecule has 5 heteroatoms. The predicted octanol–water partition coefficient (Wildman–Crippen LogP) is 0.112. The topological polar surface area (TPSA) is 68.3 Å².